The second-order valence-corrected chi connectivity index (χ2v) is 4.53. The largest absolute Gasteiger partial charge is 0.383 e. The molecule has 1 unspecified atom stereocenters. The van der Waals surface area contributed by atoms with Gasteiger partial charge in [0.1, 0.15) is 12.1 Å². The van der Waals surface area contributed by atoms with Crippen LogP contribution >= 0.6 is 22.9 Å². The minimum Gasteiger partial charge on any atom is -0.383 e. The molecule has 1 atom stereocenters. The molecular formula is C10H12ClN3OS. The molecule has 16 heavy (non-hydrogen) atoms. The first kappa shape index (κ1) is 11.6. The van der Waals surface area contributed by atoms with E-state index in [1.165, 1.54) is 0 Å². The predicted octanol–water partition coefficient (Wildman–Crippen LogP) is 2.36. The molecule has 0 aromatic carbocycles. The van der Waals surface area contributed by atoms with Crippen LogP contribution in [0.2, 0.25) is 0 Å². The average Bonchev–Trinajstić information content (AvgIpc) is 2.77. The van der Waals surface area contributed by atoms with E-state index in [1.807, 2.05) is 11.4 Å². The highest BCUT2D eigenvalue weighted by Gasteiger charge is 2.10. The molecule has 0 radical (unpaired) electrons. The van der Waals surface area contributed by atoms with Gasteiger partial charge in [-0.15, -0.1) is 22.9 Å². The highest BCUT2D eigenvalue weighted by Crippen LogP contribution is 2.25. The van der Waals surface area contributed by atoms with Crippen LogP contribution in [-0.2, 0) is 4.74 Å². The number of anilines is 1. The van der Waals surface area contributed by atoms with E-state index in [-0.39, 0.29) is 6.04 Å². The maximum absolute atomic E-state index is 5.84. The summed E-state index contributed by atoms with van der Waals surface area (Å²) in [5, 5.41) is 5.26. The first-order chi connectivity index (χ1) is 7.85. The van der Waals surface area contributed by atoms with Crippen LogP contribution in [0.15, 0.2) is 17.8 Å². The van der Waals surface area contributed by atoms with Crippen molar-refractivity contribution >= 4 is 39.0 Å². The minimum atomic E-state index is 0.0619. The van der Waals surface area contributed by atoms with Gasteiger partial charge in [-0.25, -0.2) is 9.97 Å². The summed E-state index contributed by atoms with van der Waals surface area (Å²) in [7, 11) is 1.65. The average molecular weight is 258 g/mol. The zero-order chi connectivity index (χ0) is 11.4. The summed E-state index contributed by atoms with van der Waals surface area (Å²) in [5.41, 5.74) is 0.952. The summed E-state index contributed by atoms with van der Waals surface area (Å²) in [6.07, 6.45) is 1.55. The molecule has 0 aliphatic rings. The number of rotatable bonds is 5. The zero-order valence-electron chi connectivity index (χ0n) is 8.81. The van der Waals surface area contributed by atoms with Gasteiger partial charge in [-0.05, 0) is 11.4 Å². The van der Waals surface area contributed by atoms with Crippen LogP contribution in [-0.4, -0.2) is 35.6 Å². The standard InChI is InChI=1S/C10H12ClN3OS/c1-15-5-7(4-11)14-10-9-8(2-3-16-9)12-6-13-10/h2-3,6-7H,4-5H2,1H3,(H,12,13,14). The molecule has 6 heteroatoms. The third-order valence-electron chi connectivity index (χ3n) is 2.14. The van der Waals surface area contributed by atoms with Crippen molar-refractivity contribution < 1.29 is 4.74 Å². The number of alkyl halides is 1. The van der Waals surface area contributed by atoms with Gasteiger partial charge >= 0.3 is 0 Å². The van der Waals surface area contributed by atoms with Crippen molar-refractivity contribution in [3.05, 3.63) is 17.8 Å². The lowest BCUT2D eigenvalue weighted by atomic mass is 10.3. The molecule has 0 aliphatic carbocycles. The Kier molecular flexibility index (Phi) is 3.93. The van der Waals surface area contributed by atoms with Crippen molar-refractivity contribution in [2.45, 2.75) is 6.04 Å². The van der Waals surface area contributed by atoms with Crippen molar-refractivity contribution in [3.63, 3.8) is 0 Å². The number of fused-ring (bicyclic) bond motifs is 1. The van der Waals surface area contributed by atoms with Gasteiger partial charge in [0, 0.05) is 13.0 Å². The Morgan fingerprint density at radius 1 is 1.56 bits per heavy atom. The lowest BCUT2D eigenvalue weighted by Gasteiger charge is -2.15. The fourth-order valence-corrected chi connectivity index (χ4v) is 2.37. The number of hydrogen-bond acceptors (Lipinski definition) is 5. The molecule has 2 rings (SSSR count). The van der Waals surface area contributed by atoms with Crippen LogP contribution in [0.5, 0.6) is 0 Å². The molecule has 2 heterocycles. The smallest absolute Gasteiger partial charge is 0.147 e. The molecule has 4 nitrogen and oxygen atoms in total. The Bertz CT molecular complexity index is 462. The molecule has 0 amide bonds. The van der Waals surface area contributed by atoms with E-state index in [2.05, 4.69) is 15.3 Å². The van der Waals surface area contributed by atoms with Crippen LogP contribution in [0, 0.1) is 0 Å². The molecule has 0 spiro atoms. The SMILES string of the molecule is COCC(CCl)Nc1ncnc2ccsc12. The Morgan fingerprint density at radius 3 is 3.19 bits per heavy atom. The van der Waals surface area contributed by atoms with Crippen LogP contribution in [0.4, 0.5) is 5.82 Å². The second-order valence-electron chi connectivity index (χ2n) is 3.31. The number of ether oxygens (including phenoxy) is 1. The molecule has 0 aliphatic heterocycles. The van der Waals surface area contributed by atoms with Crippen LogP contribution in [0.25, 0.3) is 10.2 Å². The van der Waals surface area contributed by atoms with Gasteiger partial charge in [0.25, 0.3) is 0 Å². The quantitative estimate of drug-likeness (QED) is 0.836. The van der Waals surface area contributed by atoms with E-state index in [0.29, 0.717) is 12.5 Å². The van der Waals surface area contributed by atoms with E-state index in [4.69, 9.17) is 16.3 Å². The topological polar surface area (TPSA) is 47.0 Å². The summed E-state index contributed by atoms with van der Waals surface area (Å²) >= 11 is 7.45. The van der Waals surface area contributed by atoms with Crippen molar-refractivity contribution in [2.75, 3.05) is 24.9 Å². The molecule has 2 aromatic rings. The van der Waals surface area contributed by atoms with Gasteiger partial charge in [-0.2, -0.15) is 0 Å². The normalized spacial score (nSPS) is 12.9. The number of halogens is 1. The monoisotopic (exact) mass is 257 g/mol. The van der Waals surface area contributed by atoms with E-state index in [9.17, 15) is 0 Å². The summed E-state index contributed by atoms with van der Waals surface area (Å²) in [5.74, 6) is 1.30. The van der Waals surface area contributed by atoms with Crippen molar-refractivity contribution in [1.29, 1.82) is 0 Å². The van der Waals surface area contributed by atoms with Gasteiger partial charge in [0.05, 0.1) is 22.9 Å². The highest BCUT2D eigenvalue weighted by molar-refractivity contribution is 7.17. The number of methoxy groups -OCH3 is 1. The summed E-state index contributed by atoms with van der Waals surface area (Å²) in [4.78, 5) is 8.40. The number of nitrogens with one attached hydrogen (secondary N) is 1. The Labute approximate surface area is 103 Å². The van der Waals surface area contributed by atoms with E-state index in [1.54, 1.807) is 24.8 Å². The Hall–Kier alpha value is -0.910. The molecule has 2 aromatic heterocycles. The van der Waals surface area contributed by atoms with Crippen LogP contribution in [0.3, 0.4) is 0 Å². The van der Waals surface area contributed by atoms with Crippen LogP contribution in [0.1, 0.15) is 0 Å². The first-order valence-electron chi connectivity index (χ1n) is 4.84. The van der Waals surface area contributed by atoms with Crippen molar-refractivity contribution in [1.82, 2.24) is 9.97 Å². The molecular weight excluding hydrogens is 246 g/mol. The third kappa shape index (κ3) is 2.42. The van der Waals surface area contributed by atoms with Gasteiger partial charge in [0.2, 0.25) is 0 Å². The lowest BCUT2D eigenvalue weighted by molar-refractivity contribution is 0.191. The minimum absolute atomic E-state index is 0.0619. The summed E-state index contributed by atoms with van der Waals surface area (Å²) < 4.78 is 6.12. The molecule has 1 N–H and O–H groups in total. The molecule has 0 fully saturated rings. The number of nitrogens with zero attached hydrogens (tertiary/aromatic N) is 2. The third-order valence-corrected chi connectivity index (χ3v) is 3.42. The fraction of sp³-hybridized carbons (Fsp3) is 0.400. The van der Waals surface area contributed by atoms with Gasteiger partial charge in [0.15, 0.2) is 0 Å². The second kappa shape index (κ2) is 5.43. The predicted molar refractivity (Wildman–Crippen MR) is 67.4 cm³/mol. The fourth-order valence-electron chi connectivity index (χ4n) is 1.41. The first-order valence-corrected chi connectivity index (χ1v) is 6.26. The van der Waals surface area contributed by atoms with Crippen molar-refractivity contribution in [2.24, 2.45) is 0 Å². The van der Waals surface area contributed by atoms with Gasteiger partial charge < -0.3 is 10.1 Å². The van der Waals surface area contributed by atoms with Gasteiger partial charge in [-0.3, -0.25) is 0 Å². The van der Waals surface area contributed by atoms with E-state index >= 15 is 0 Å². The number of hydrogen-bond donors (Lipinski definition) is 1. The molecule has 0 bridgehead atoms. The Morgan fingerprint density at radius 2 is 2.44 bits per heavy atom. The zero-order valence-corrected chi connectivity index (χ0v) is 10.4. The molecule has 0 saturated carbocycles. The maximum Gasteiger partial charge on any atom is 0.147 e. The number of thiophene rings is 1. The summed E-state index contributed by atoms with van der Waals surface area (Å²) in [6.45, 7) is 0.556. The van der Waals surface area contributed by atoms with Gasteiger partial charge in [-0.1, -0.05) is 0 Å². The molecule has 0 saturated heterocycles. The Balaban J connectivity index is 2.22. The lowest BCUT2D eigenvalue weighted by Crippen LogP contribution is -2.27. The van der Waals surface area contributed by atoms with Crippen LogP contribution < -0.4 is 5.32 Å². The molecule has 86 valence electrons. The number of aromatic nitrogens is 2. The summed E-state index contributed by atoms with van der Waals surface area (Å²) in [6, 6.07) is 2.03. The van der Waals surface area contributed by atoms with E-state index < -0.39 is 0 Å². The maximum atomic E-state index is 5.84. The van der Waals surface area contributed by atoms with Crippen molar-refractivity contribution in [3.8, 4) is 0 Å². The highest BCUT2D eigenvalue weighted by atomic mass is 35.5. The van der Waals surface area contributed by atoms with E-state index in [0.717, 1.165) is 16.0 Å².